The number of carboxylic acids is 1. The zero-order valence-electron chi connectivity index (χ0n) is 16.1. The van der Waals surface area contributed by atoms with Gasteiger partial charge in [-0.05, 0) is 43.4 Å². The Balaban J connectivity index is 2.31. The molecule has 8 heteroatoms. The third kappa shape index (κ3) is 4.87. The van der Waals surface area contributed by atoms with Gasteiger partial charge in [0.25, 0.3) is 5.91 Å². The lowest BCUT2D eigenvalue weighted by atomic mass is 9.98. The minimum atomic E-state index is -3.66. The Labute approximate surface area is 160 Å². The van der Waals surface area contributed by atoms with Crippen LogP contribution in [-0.4, -0.2) is 48.8 Å². The summed E-state index contributed by atoms with van der Waals surface area (Å²) in [6, 6.07) is 3.41. The van der Waals surface area contributed by atoms with Gasteiger partial charge in [-0.15, -0.1) is 0 Å². The Bertz CT molecular complexity index is 800. The Morgan fingerprint density at radius 1 is 1.22 bits per heavy atom. The number of nitrogens with one attached hydrogen (secondary N) is 1. The maximum absolute atomic E-state index is 12.9. The van der Waals surface area contributed by atoms with Gasteiger partial charge in [0.05, 0.1) is 4.90 Å². The molecule has 2 atom stereocenters. The van der Waals surface area contributed by atoms with E-state index in [4.69, 9.17) is 0 Å². The zero-order valence-corrected chi connectivity index (χ0v) is 16.9. The standard InChI is InChI=1S/C19H28N2O5S/c1-4-13(2)17(19(23)24)20-18(22)16-12-15(9-8-14(16)3)27(25,26)21-10-6-5-7-11-21/h8-9,12-13,17H,4-7,10-11H2,1-3H3,(H,20,22)(H,23,24). The van der Waals surface area contributed by atoms with E-state index in [9.17, 15) is 23.1 Å². The number of benzene rings is 1. The molecule has 2 rings (SSSR count). The van der Waals surface area contributed by atoms with Crippen LogP contribution in [0.2, 0.25) is 0 Å². The van der Waals surface area contributed by atoms with Gasteiger partial charge < -0.3 is 10.4 Å². The molecule has 2 N–H and O–H groups in total. The summed E-state index contributed by atoms with van der Waals surface area (Å²) < 4.78 is 27.2. The van der Waals surface area contributed by atoms with Gasteiger partial charge in [-0.2, -0.15) is 4.31 Å². The number of sulfonamides is 1. The van der Waals surface area contributed by atoms with Crippen molar-refractivity contribution in [2.75, 3.05) is 13.1 Å². The molecule has 1 saturated heterocycles. The van der Waals surface area contributed by atoms with Gasteiger partial charge in [0, 0.05) is 18.7 Å². The number of amides is 1. The van der Waals surface area contributed by atoms with Crippen molar-refractivity contribution in [3.63, 3.8) is 0 Å². The van der Waals surface area contributed by atoms with Crippen LogP contribution in [0.1, 0.15) is 55.5 Å². The largest absolute Gasteiger partial charge is 0.480 e. The Kier molecular flexibility index (Phi) is 7.00. The van der Waals surface area contributed by atoms with E-state index in [1.807, 2.05) is 6.92 Å². The van der Waals surface area contributed by atoms with Crippen LogP contribution in [0.25, 0.3) is 0 Å². The molecule has 1 fully saturated rings. The van der Waals surface area contributed by atoms with Crippen molar-refractivity contribution in [3.8, 4) is 0 Å². The molecule has 2 unspecified atom stereocenters. The summed E-state index contributed by atoms with van der Waals surface area (Å²) in [5, 5.41) is 11.9. The number of hydrogen-bond acceptors (Lipinski definition) is 4. The molecule has 1 heterocycles. The highest BCUT2D eigenvalue weighted by molar-refractivity contribution is 7.89. The Morgan fingerprint density at radius 2 is 1.85 bits per heavy atom. The molecule has 1 aromatic rings. The highest BCUT2D eigenvalue weighted by Crippen LogP contribution is 2.23. The summed E-state index contributed by atoms with van der Waals surface area (Å²) in [5.74, 6) is -1.92. The van der Waals surface area contributed by atoms with Gasteiger partial charge in [-0.3, -0.25) is 4.79 Å². The number of aryl methyl sites for hydroxylation is 1. The van der Waals surface area contributed by atoms with Crippen molar-refractivity contribution >= 4 is 21.9 Å². The molecule has 7 nitrogen and oxygen atoms in total. The molecule has 0 bridgehead atoms. The fourth-order valence-corrected chi connectivity index (χ4v) is 4.71. The van der Waals surface area contributed by atoms with Gasteiger partial charge >= 0.3 is 5.97 Å². The van der Waals surface area contributed by atoms with Gasteiger partial charge in [0.15, 0.2) is 0 Å². The van der Waals surface area contributed by atoms with Crippen molar-refractivity contribution < 1.29 is 23.1 Å². The number of rotatable bonds is 7. The lowest BCUT2D eigenvalue weighted by Crippen LogP contribution is -2.45. The average molecular weight is 397 g/mol. The van der Waals surface area contributed by atoms with Crippen LogP contribution in [-0.2, 0) is 14.8 Å². The molecule has 1 aliphatic heterocycles. The Hall–Kier alpha value is -1.93. The third-order valence-corrected chi connectivity index (χ3v) is 7.07. The molecule has 0 radical (unpaired) electrons. The minimum absolute atomic E-state index is 0.0653. The van der Waals surface area contributed by atoms with Crippen molar-refractivity contribution in [1.29, 1.82) is 0 Å². The van der Waals surface area contributed by atoms with Crippen molar-refractivity contribution in [1.82, 2.24) is 9.62 Å². The summed E-state index contributed by atoms with van der Waals surface area (Å²) in [5.41, 5.74) is 0.779. The van der Waals surface area contributed by atoms with E-state index in [1.165, 1.54) is 16.4 Å². The fraction of sp³-hybridized carbons (Fsp3) is 0.579. The van der Waals surface area contributed by atoms with Crippen LogP contribution < -0.4 is 5.32 Å². The monoisotopic (exact) mass is 396 g/mol. The number of aliphatic carboxylic acids is 1. The van der Waals surface area contributed by atoms with E-state index in [0.29, 0.717) is 25.1 Å². The number of piperidine rings is 1. The van der Waals surface area contributed by atoms with Crippen molar-refractivity contribution in [3.05, 3.63) is 29.3 Å². The smallest absolute Gasteiger partial charge is 0.326 e. The van der Waals surface area contributed by atoms with E-state index in [0.717, 1.165) is 19.3 Å². The molecule has 0 spiro atoms. The SMILES string of the molecule is CCC(C)C(NC(=O)c1cc(S(=O)(=O)N2CCCCC2)ccc1C)C(=O)O. The number of nitrogens with zero attached hydrogens (tertiary/aromatic N) is 1. The first-order valence-electron chi connectivity index (χ1n) is 9.33. The molecular weight excluding hydrogens is 368 g/mol. The molecule has 0 aliphatic carbocycles. The first-order chi connectivity index (χ1) is 12.7. The van der Waals surface area contributed by atoms with E-state index < -0.39 is 27.9 Å². The van der Waals surface area contributed by atoms with Crippen LogP contribution in [0, 0.1) is 12.8 Å². The summed E-state index contributed by atoms with van der Waals surface area (Å²) in [4.78, 5) is 24.2. The fourth-order valence-electron chi connectivity index (χ4n) is 3.16. The molecule has 1 amide bonds. The summed E-state index contributed by atoms with van der Waals surface area (Å²) in [6.07, 6.45) is 3.26. The second kappa shape index (κ2) is 8.84. The van der Waals surface area contributed by atoms with Gasteiger partial charge in [0.2, 0.25) is 10.0 Å². The lowest BCUT2D eigenvalue weighted by molar-refractivity contribution is -0.140. The summed E-state index contributed by atoms with van der Waals surface area (Å²) >= 11 is 0. The Morgan fingerprint density at radius 3 is 2.41 bits per heavy atom. The van der Waals surface area contributed by atoms with E-state index in [1.54, 1.807) is 19.9 Å². The molecule has 0 saturated carbocycles. The normalized spacial score (nSPS) is 17.9. The molecular formula is C19H28N2O5S. The second-order valence-corrected chi connectivity index (χ2v) is 9.05. The summed E-state index contributed by atoms with van der Waals surface area (Å²) in [6.45, 7) is 6.26. The lowest BCUT2D eigenvalue weighted by Gasteiger charge is -2.26. The third-order valence-electron chi connectivity index (χ3n) is 5.17. The number of carbonyl (C=O) groups excluding carboxylic acids is 1. The van der Waals surface area contributed by atoms with E-state index in [-0.39, 0.29) is 16.4 Å². The molecule has 1 aliphatic rings. The van der Waals surface area contributed by atoms with E-state index in [2.05, 4.69) is 5.32 Å². The second-order valence-electron chi connectivity index (χ2n) is 7.12. The zero-order chi connectivity index (χ0) is 20.2. The predicted molar refractivity (Wildman–Crippen MR) is 102 cm³/mol. The minimum Gasteiger partial charge on any atom is -0.480 e. The first-order valence-corrected chi connectivity index (χ1v) is 10.8. The molecule has 0 aromatic heterocycles. The quantitative estimate of drug-likeness (QED) is 0.736. The van der Waals surface area contributed by atoms with Crippen molar-refractivity contribution in [2.24, 2.45) is 5.92 Å². The maximum Gasteiger partial charge on any atom is 0.326 e. The molecule has 27 heavy (non-hydrogen) atoms. The van der Waals surface area contributed by atoms with Crippen molar-refractivity contribution in [2.45, 2.75) is 57.4 Å². The van der Waals surface area contributed by atoms with Crippen LogP contribution in [0.3, 0.4) is 0 Å². The first kappa shape index (κ1) is 21.4. The summed E-state index contributed by atoms with van der Waals surface area (Å²) in [7, 11) is -3.66. The molecule has 150 valence electrons. The van der Waals surface area contributed by atoms with Crippen LogP contribution in [0.4, 0.5) is 0 Å². The van der Waals surface area contributed by atoms with E-state index >= 15 is 0 Å². The highest BCUT2D eigenvalue weighted by Gasteiger charge is 2.29. The topological polar surface area (TPSA) is 104 Å². The predicted octanol–water partition coefficient (Wildman–Crippen LogP) is 2.40. The average Bonchev–Trinajstić information content (AvgIpc) is 2.65. The van der Waals surface area contributed by atoms with Gasteiger partial charge in [-0.1, -0.05) is 32.8 Å². The number of hydrogen-bond donors (Lipinski definition) is 2. The highest BCUT2D eigenvalue weighted by atomic mass is 32.2. The van der Waals surface area contributed by atoms with Crippen LogP contribution in [0.15, 0.2) is 23.1 Å². The maximum atomic E-state index is 12.9. The van der Waals surface area contributed by atoms with Gasteiger partial charge in [0.1, 0.15) is 6.04 Å². The van der Waals surface area contributed by atoms with Gasteiger partial charge in [-0.25, -0.2) is 13.2 Å². The van der Waals surface area contributed by atoms with Crippen LogP contribution >= 0.6 is 0 Å². The number of carboxylic acid groups (broad SMARTS) is 1. The number of carbonyl (C=O) groups is 2. The van der Waals surface area contributed by atoms with Crippen LogP contribution in [0.5, 0.6) is 0 Å². The molecule has 1 aromatic carbocycles.